The molecule has 5 heteroatoms. The van der Waals surface area contributed by atoms with E-state index in [1.165, 1.54) is 37.4 Å². The molecule has 1 heterocycles. The maximum Gasteiger partial charge on any atom is 0.230 e. The van der Waals surface area contributed by atoms with Crippen LogP contribution >= 0.6 is 11.8 Å². The van der Waals surface area contributed by atoms with E-state index in [1.807, 2.05) is 43.3 Å². The summed E-state index contributed by atoms with van der Waals surface area (Å²) < 4.78 is 0. The summed E-state index contributed by atoms with van der Waals surface area (Å²) in [5.74, 6) is 2.04. The molecule has 0 saturated heterocycles. The van der Waals surface area contributed by atoms with Crippen LogP contribution < -0.4 is 5.32 Å². The minimum absolute atomic E-state index is 0.105. The Labute approximate surface area is 152 Å². The SMILES string of the molecule is Cc1cc(-c2ccccc2)nc(SCC(=O)N[C@H]2C[C@@H]3CC[C@@H]2C3)n1. The summed E-state index contributed by atoms with van der Waals surface area (Å²) in [6.45, 7) is 1.97. The molecule has 25 heavy (non-hydrogen) atoms. The summed E-state index contributed by atoms with van der Waals surface area (Å²) in [6, 6.07) is 12.5. The molecule has 1 amide bonds. The summed E-state index contributed by atoms with van der Waals surface area (Å²) in [5, 5.41) is 3.89. The molecule has 0 unspecified atom stereocenters. The maximum absolute atomic E-state index is 12.3. The highest BCUT2D eigenvalue weighted by Crippen LogP contribution is 2.44. The van der Waals surface area contributed by atoms with Gasteiger partial charge in [-0.2, -0.15) is 0 Å². The Kier molecular flexibility index (Phi) is 4.75. The molecule has 2 fully saturated rings. The third-order valence-corrected chi connectivity index (χ3v) is 6.17. The Hall–Kier alpha value is -1.88. The fraction of sp³-hybridized carbons (Fsp3) is 0.450. The van der Waals surface area contributed by atoms with E-state index in [1.54, 1.807) is 0 Å². The molecule has 2 bridgehead atoms. The molecule has 2 aliphatic rings. The first-order valence-corrected chi connectivity index (χ1v) is 9.99. The number of nitrogens with zero attached hydrogens (tertiary/aromatic N) is 2. The molecular formula is C20H23N3OS. The first kappa shape index (κ1) is 16.6. The van der Waals surface area contributed by atoms with Gasteiger partial charge < -0.3 is 5.32 Å². The number of rotatable bonds is 5. The maximum atomic E-state index is 12.3. The highest BCUT2D eigenvalue weighted by atomic mass is 32.2. The molecule has 1 N–H and O–H groups in total. The number of carbonyl (C=O) groups is 1. The lowest BCUT2D eigenvalue weighted by molar-refractivity contribution is -0.119. The molecular weight excluding hydrogens is 330 g/mol. The lowest BCUT2D eigenvalue weighted by Gasteiger charge is -2.22. The number of aromatic nitrogens is 2. The van der Waals surface area contributed by atoms with Crippen molar-refractivity contribution in [3.63, 3.8) is 0 Å². The molecule has 1 aromatic carbocycles. The Morgan fingerprint density at radius 2 is 2.04 bits per heavy atom. The highest BCUT2D eigenvalue weighted by molar-refractivity contribution is 7.99. The number of hydrogen-bond acceptors (Lipinski definition) is 4. The predicted molar refractivity (Wildman–Crippen MR) is 100 cm³/mol. The second-order valence-corrected chi connectivity index (χ2v) is 8.12. The zero-order valence-electron chi connectivity index (χ0n) is 14.4. The van der Waals surface area contributed by atoms with E-state index >= 15 is 0 Å². The van der Waals surface area contributed by atoms with Gasteiger partial charge in [0.1, 0.15) is 0 Å². The summed E-state index contributed by atoms with van der Waals surface area (Å²) in [4.78, 5) is 21.4. The molecule has 130 valence electrons. The van der Waals surface area contributed by atoms with Crippen LogP contribution in [0.3, 0.4) is 0 Å². The van der Waals surface area contributed by atoms with E-state index in [0.29, 0.717) is 22.9 Å². The van der Waals surface area contributed by atoms with Gasteiger partial charge >= 0.3 is 0 Å². The van der Waals surface area contributed by atoms with Crippen LogP contribution in [0, 0.1) is 18.8 Å². The first-order chi connectivity index (χ1) is 12.2. The van der Waals surface area contributed by atoms with Gasteiger partial charge in [-0.15, -0.1) is 0 Å². The largest absolute Gasteiger partial charge is 0.352 e. The second-order valence-electron chi connectivity index (χ2n) is 7.18. The average molecular weight is 353 g/mol. The van der Waals surface area contributed by atoms with Crippen LogP contribution in [-0.2, 0) is 4.79 Å². The van der Waals surface area contributed by atoms with Gasteiger partial charge in [0.25, 0.3) is 0 Å². The molecule has 3 atom stereocenters. The number of carbonyl (C=O) groups excluding carboxylic acids is 1. The predicted octanol–water partition coefficient (Wildman–Crippen LogP) is 3.85. The normalized spacial score (nSPS) is 24.4. The van der Waals surface area contributed by atoms with Gasteiger partial charge in [0.05, 0.1) is 11.4 Å². The summed E-state index contributed by atoms with van der Waals surface area (Å²) in [6.07, 6.45) is 5.11. The van der Waals surface area contributed by atoms with Crippen molar-refractivity contribution >= 4 is 17.7 Å². The van der Waals surface area contributed by atoms with E-state index in [9.17, 15) is 4.79 Å². The van der Waals surface area contributed by atoms with Crippen molar-refractivity contribution in [1.29, 1.82) is 0 Å². The van der Waals surface area contributed by atoms with E-state index in [-0.39, 0.29) is 5.91 Å². The molecule has 0 spiro atoms. The van der Waals surface area contributed by atoms with Gasteiger partial charge in [0, 0.05) is 17.3 Å². The van der Waals surface area contributed by atoms with Gasteiger partial charge in [-0.1, -0.05) is 48.5 Å². The smallest absolute Gasteiger partial charge is 0.230 e. The molecule has 1 aromatic heterocycles. The van der Waals surface area contributed by atoms with Crippen molar-refractivity contribution in [2.24, 2.45) is 11.8 Å². The molecule has 2 aromatic rings. The van der Waals surface area contributed by atoms with Crippen LogP contribution in [0.25, 0.3) is 11.3 Å². The lowest BCUT2D eigenvalue weighted by atomic mass is 9.95. The van der Waals surface area contributed by atoms with Gasteiger partial charge in [0.2, 0.25) is 5.91 Å². The van der Waals surface area contributed by atoms with E-state index in [2.05, 4.69) is 15.3 Å². The number of amides is 1. The topological polar surface area (TPSA) is 54.9 Å². The number of aryl methyl sites for hydroxylation is 1. The quantitative estimate of drug-likeness (QED) is 0.655. The van der Waals surface area contributed by atoms with Crippen LogP contribution in [0.1, 0.15) is 31.4 Å². The minimum Gasteiger partial charge on any atom is -0.352 e. The first-order valence-electron chi connectivity index (χ1n) is 9.00. The van der Waals surface area contributed by atoms with Gasteiger partial charge in [-0.05, 0) is 44.1 Å². The summed E-state index contributed by atoms with van der Waals surface area (Å²) >= 11 is 1.42. The van der Waals surface area contributed by atoms with Crippen molar-refractivity contribution in [3.8, 4) is 11.3 Å². The van der Waals surface area contributed by atoms with Crippen LogP contribution in [0.4, 0.5) is 0 Å². The summed E-state index contributed by atoms with van der Waals surface area (Å²) in [7, 11) is 0. The third kappa shape index (κ3) is 3.87. The molecule has 4 nitrogen and oxygen atoms in total. The zero-order valence-corrected chi connectivity index (χ0v) is 15.3. The van der Waals surface area contributed by atoms with Crippen molar-refractivity contribution in [2.75, 3.05) is 5.75 Å². The van der Waals surface area contributed by atoms with Crippen molar-refractivity contribution in [3.05, 3.63) is 42.1 Å². The van der Waals surface area contributed by atoms with Crippen LogP contribution in [0.15, 0.2) is 41.6 Å². The fourth-order valence-corrected chi connectivity index (χ4v) is 4.88. The Bertz CT molecular complexity index is 765. The standard InChI is InChI=1S/C20H23N3OS/c1-13-9-17(15-5-3-2-4-6-15)23-20(21-13)25-12-19(24)22-18-11-14-7-8-16(18)10-14/h2-6,9,14,16,18H,7-8,10-12H2,1H3,(H,22,24)/t14-,16-,18+/m1/s1. The second kappa shape index (κ2) is 7.16. The molecule has 2 aliphatic carbocycles. The van der Waals surface area contributed by atoms with Crippen molar-refractivity contribution in [2.45, 2.75) is 43.8 Å². The molecule has 2 saturated carbocycles. The third-order valence-electron chi connectivity index (χ3n) is 5.32. The lowest BCUT2D eigenvalue weighted by Crippen LogP contribution is -2.39. The van der Waals surface area contributed by atoms with E-state index < -0.39 is 0 Å². The number of benzene rings is 1. The number of fused-ring (bicyclic) bond motifs is 2. The molecule has 0 radical (unpaired) electrons. The Balaban J connectivity index is 1.37. The zero-order chi connectivity index (χ0) is 17.2. The fourth-order valence-electron chi connectivity index (χ4n) is 4.16. The molecule has 4 rings (SSSR count). The van der Waals surface area contributed by atoms with Crippen LogP contribution in [0.2, 0.25) is 0 Å². The van der Waals surface area contributed by atoms with Gasteiger partial charge in [0.15, 0.2) is 5.16 Å². The number of thioether (sulfide) groups is 1. The van der Waals surface area contributed by atoms with E-state index in [4.69, 9.17) is 0 Å². The highest BCUT2D eigenvalue weighted by Gasteiger charge is 2.39. The molecule has 0 aliphatic heterocycles. The Morgan fingerprint density at radius 1 is 1.20 bits per heavy atom. The van der Waals surface area contributed by atoms with Crippen molar-refractivity contribution in [1.82, 2.24) is 15.3 Å². The summed E-state index contributed by atoms with van der Waals surface area (Å²) in [5.41, 5.74) is 2.90. The Morgan fingerprint density at radius 3 is 2.76 bits per heavy atom. The van der Waals surface area contributed by atoms with Crippen LogP contribution in [-0.4, -0.2) is 27.7 Å². The van der Waals surface area contributed by atoms with Crippen molar-refractivity contribution < 1.29 is 4.79 Å². The minimum atomic E-state index is 0.105. The average Bonchev–Trinajstić information content (AvgIpc) is 3.23. The van der Waals surface area contributed by atoms with Gasteiger partial charge in [-0.25, -0.2) is 9.97 Å². The van der Waals surface area contributed by atoms with Crippen LogP contribution in [0.5, 0.6) is 0 Å². The number of hydrogen-bond donors (Lipinski definition) is 1. The van der Waals surface area contributed by atoms with Gasteiger partial charge in [-0.3, -0.25) is 4.79 Å². The van der Waals surface area contributed by atoms with E-state index in [0.717, 1.165) is 22.9 Å². The number of nitrogens with one attached hydrogen (secondary N) is 1. The monoisotopic (exact) mass is 353 g/mol.